The van der Waals surface area contributed by atoms with Crippen LogP contribution in [0.25, 0.3) is 0 Å². The minimum absolute atomic E-state index is 0.855. The maximum absolute atomic E-state index is 4.11. The molecule has 0 aliphatic rings. The van der Waals surface area contributed by atoms with Crippen LogP contribution in [0.4, 0.5) is 0 Å². The quantitative estimate of drug-likeness (QED) is 0.706. The summed E-state index contributed by atoms with van der Waals surface area (Å²) in [5, 5.41) is 15.1. The average molecular weight is 220 g/mol. The summed E-state index contributed by atoms with van der Waals surface area (Å²) < 4.78 is 3.72. The Labute approximate surface area is 94.3 Å². The summed E-state index contributed by atoms with van der Waals surface area (Å²) in [4.78, 5) is 0. The van der Waals surface area contributed by atoms with E-state index in [1.54, 1.807) is 6.20 Å². The highest BCUT2D eigenvalue weighted by Gasteiger charge is 1.97. The number of aromatic nitrogens is 5. The number of nitrogens with one attached hydrogen (secondary N) is 1. The van der Waals surface area contributed by atoms with Crippen LogP contribution in [0.1, 0.15) is 12.1 Å². The third-order valence-electron chi connectivity index (χ3n) is 2.44. The molecule has 0 unspecified atom stereocenters. The second kappa shape index (κ2) is 5.41. The van der Waals surface area contributed by atoms with E-state index < -0.39 is 0 Å². The summed E-state index contributed by atoms with van der Waals surface area (Å²) in [6.07, 6.45) is 6.43. The summed E-state index contributed by atoms with van der Waals surface area (Å²) >= 11 is 0. The van der Waals surface area contributed by atoms with Crippen LogP contribution in [-0.4, -0.2) is 31.3 Å². The van der Waals surface area contributed by atoms with Crippen molar-refractivity contribution in [2.45, 2.75) is 19.5 Å². The van der Waals surface area contributed by atoms with Crippen molar-refractivity contribution >= 4 is 0 Å². The Balaban J connectivity index is 1.61. The van der Waals surface area contributed by atoms with Gasteiger partial charge in [0, 0.05) is 32.5 Å². The zero-order valence-electron chi connectivity index (χ0n) is 9.37. The highest BCUT2D eigenvalue weighted by atomic mass is 15.4. The van der Waals surface area contributed by atoms with Gasteiger partial charge in [0.25, 0.3) is 0 Å². The molecule has 0 fully saturated rings. The fourth-order valence-corrected chi connectivity index (χ4v) is 1.51. The van der Waals surface area contributed by atoms with E-state index in [0.29, 0.717) is 0 Å². The zero-order valence-corrected chi connectivity index (χ0v) is 9.37. The minimum Gasteiger partial charge on any atom is -0.311 e. The minimum atomic E-state index is 0.855. The predicted octanol–water partition coefficient (Wildman–Crippen LogP) is 0.191. The molecule has 2 heterocycles. The predicted molar refractivity (Wildman–Crippen MR) is 59.6 cm³/mol. The highest BCUT2D eigenvalue weighted by molar-refractivity contribution is 4.98. The summed E-state index contributed by atoms with van der Waals surface area (Å²) in [6, 6.07) is 2.02. The van der Waals surface area contributed by atoms with Crippen LogP contribution in [0.2, 0.25) is 0 Å². The summed E-state index contributed by atoms with van der Waals surface area (Å²) in [7, 11) is 1.95. The molecule has 16 heavy (non-hydrogen) atoms. The van der Waals surface area contributed by atoms with E-state index in [-0.39, 0.29) is 0 Å². The smallest absolute Gasteiger partial charge is 0.0692 e. The van der Waals surface area contributed by atoms with Crippen molar-refractivity contribution in [3.05, 3.63) is 30.4 Å². The molecule has 0 bridgehead atoms. The van der Waals surface area contributed by atoms with Crippen molar-refractivity contribution in [2.75, 3.05) is 6.54 Å². The van der Waals surface area contributed by atoms with Crippen molar-refractivity contribution in [1.29, 1.82) is 0 Å². The van der Waals surface area contributed by atoms with E-state index in [1.807, 2.05) is 34.9 Å². The van der Waals surface area contributed by atoms with E-state index in [9.17, 15) is 0 Å². The van der Waals surface area contributed by atoms with Crippen molar-refractivity contribution in [3.8, 4) is 0 Å². The first kappa shape index (κ1) is 10.8. The third kappa shape index (κ3) is 2.90. The number of aryl methyl sites for hydroxylation is 2. The van der Waals surface area contributed by atoms with Gasteiger partial charge in [0.15, 0.2) is 0 Å². The molecule has 0 spiro atoms. The number of nitrogens with zero attached hydrogens (tertiary/aromatic N) is 5. The zero-order chi connectivity index (χ0) is 11.2. The molecule has 0 amide bonds. The van der Waals surface area contributed by atoms with Crippen molar-refractivity contribution < 1.29 is 0 Å². The van der Waals surface area contributed by atoms with Gasteiger partial charge in [-0.15, -0.1) is 5.10 Å². The van der Waals surface area contributed by atoms with Crippen LogP contribution < -0.4 is 5.32 Å². The van der Waals surface area contributed by atoms with Crippen molar-refractivity contribution in [1.82, 2.24) is 30.1 Å². The molecule has 86 valence electrons. The van der Waals surface area contributed by atoms with E-state index in [1.165, 1.54) is 5.69 Å². The molecule has 0 aliphatic carbocycles. The molecule has 2 aromatic heterocycles. The van der Waals surface area contributed by atoms with Gasteiger partial charge in [-0.1, -0.05) is 5.21 Å². The average Bonchev–Trinajstić information content (AvgIpc) is 2.90. The molecule has 6 nitrogen and oxygen atoms in total. The van der Waals surface area contributed by atoms with Gasteiger partial charge in [-0.05, 0) is 19.0 Å². The maximum Gasteiger partial charge on any atom is 0.0692 e. The van der Waals surface area contributed by atoms with Crippen LogP contribution in [0, 0.1) is 0 Å². The molecule has 1 N–H and O–H groups in total. The molecule has 2 aromatic rings. The SMILES string of the molecule is Cn1nccc1CNCCCn1ccnn1. The second-order valence-electron chi connectivity index (χ2n) is 3.64. The Hall–Kier alpha value is -1.69. The standard InChI is InChI=1S/C10H16N6/c1-15-10(3-5-13-15)9-11-4-2-7-16-8-6-12-14-16/h3,5-6,8,11H,2,4,7,9H2,1H3. The van der Waals surface area contributed by atoms with Gasteiger partial charge in [0.05, 0.1) is 11.9 Å². The van der Waals surface area contributed by atoms with Gasteiger partial charge in [0.1, 0.15) is 0 Å². The lowest BCUT2D eigenvalue weighted by molar-refractivity contribution is 0.523. The largest absolute Gasteiger partial charge is 0.311 e. The molecular formula is C10H16N6. The lowest BCUT2D eigenvalue weighted by atomic mass is 10.4. The molecule has 0 saturated carbocycles. The molecular weight excluding hydrogens is 204 g/mol. The van der Waals surface area contributed by atoms with Gasteiger partial charge < -0.3 is 5.32 Å². The molecule has 0 radical (unpaired) electrons. The van der Waals surface area contributed by atoms with Gasteiger partial charge in [-0.3, -0.25) is 9.36 Å². The second-order valence-corrected chi connectivity index (χ2v) is 3.64. The molecule has 0 aliphatic heterocycles. The van der Waals surface area contributed by atoms with E-state index >= 15 is 0 Å². The number of hydrogen-bond donors (Lipinski definition) is 1. The Bertz CT molecular complexity index is 405. The molecule has 6 heteroatoms. The van der Waals surface area contributed by atoms with E-state index in [2.05, 4.69) is 20.7 Å². The van der Waals surface area contributed by atoms with E-state index in [4.69, 9.17) is 0 Å². The molecule has 2 rings (SSSR count). The number of rotatable bonds is 6. The first-order chi connectivity index (χ1) is 7.86. The fraction of sp³-hybridized carbons (Fsp3) is 0.500. The fourth-order valence-electron chi connectivity index (χ4n) is 1.51. The van der Waals surface area contributed by atoms with Crippen LogP contribution >= 0.6 is 0 Å². The monoisotopic (exact) mass is 220 g/mol. The summed E-state index contributed by atoms with van der Waals surface area (Å²) in [5.41, 5.74) is 1.20. The summed E-state index contributed by atoms with van der Waals surface area (Å²) in [5.74, 6) is 0. The maximum atomic E-state index is 4.11. The van der Waals surface area contributed by atoms with Gasteiger partial charge in [-0.25, -0.2) is 0 Å². The van der Waals surface area contributed by atoms with Crippen LogP contribution in [0.5, 0.6) is 0 Å². The Morgan fingerprint density at radius 1 is 1.38 bits per heavy atom. The van der Waals surface area contributed by atoms with E-state index in [0.717, 1.165) is 26.1 Å². The van der Waals surface area contributed by atoms with Crippen molar-refractivity contribution in [2.24, 2.45) is 7.05 Å². The molecule has 0 aromatic carbocycles. The third-order valence-corrected chi connectivity index (χ3v) is 2.44. The number of hydrogen-bond acceptors (Lipinski definition) is 4. The molecule has 0 saturated heterocycles. The van der Waals surface area contributed by atoms with Gasteiger partial charge in [0.2, 0.25) is 0 Å². The summed E-state index contributed by atoms with van der Waals surface area (Å²) in [6.45, 7) is 2.72. The lowest BCUT2D eigenvalue weighted by Gasteiger charge is -2.04. The lowest BCUT2D eigenvalue weighted by Crippen LogP contribution is -2.18. The Morgan fingerprint density at radius 2 is 2.31 bits per heavy atom. The van der Waals surface area contributed by atoms with Crippen LogP contribution in [0.15, 0.2) is 24.7 Å². The Kier molecular flexibility index (Phi) is 3.66. The first-order valence-electron chi connectivity index (χ1n) is 5.38. The highest BCUT2D eigenvalue weighted by Crippen LogP contribution is 1.95. The Morgan fingerprint density at radius 3 is 3.00 bits per heavy atom. The van der Waals surface area contributed by atoms with Crippen LogP contribution in [-0.2, 0) is 20.1 Å². The van der Waals surface area contributed by atoms with Gasteiger partial charge in [-0.2, -0.15) is 5.10 Å². The van der Waals surface area contributed by atoms with Crippen molar-refractivity contribution in [3.63, 3.8) is 0 Å². The molecule has 0 atom stereocenters. The van der Waals surface area contributed by atoms with Crippen LogP contribution in [0.3, 0.4) is 0 Å². The normalized spacial score (nSPS) is 10.8. The van der Waals surface area contributed by atoms with Gasteiger partial charge >= 0.3 is 0 Å². The first-order valence-corrected chi connectivity index (χ1v) is 5.38. The topological polar surface area (TPSA) is 60.6 Å².